The van der Waals surface area contributed by atoms with Gasteiger partial charge in [0.2, 0.25) is 5.82 Å². The number of piperidine rings is 1. The van der Waals surface area contributed by atoms with Crippen LogP contribution in [-0.2, 0) is 0 Å². The molecule has 128 valence electrons. The molecule has 0 N–H and O–H groups in total. The average molecular weight is 328 g/mol. The highest BCUT2D eigenvalue weighted by Crippen LogP contribution is 2.38. The molecule has 24 heavy (non-hydrogen) atoms. The van der Waals surface area contributed by atoms with E-state index in [9.17, 15) is 0 Å². The van der Waals surface area contributed by atoms with Crippen molar-refractivity contribution in [1.29, 1.82) is 0 Å². The molecular weight excluding hydrogens is 304 g/mol. The highest BCUT2D eigenvalue weighted by molar-refractivity contribution is 5.57. The molecule has 0 unspecified atom stereocenters. The fourth-order valence-corrected chi connectivity index (χ4v) is 4.02. The van der Waals surface area contributed by atoms with Crippen LogP contribution in [0.4, 0.5) is 6.01 Å². The summed E-state index contributed by atoms with van der Waals surface area (Å²) in [6.45, 7) is 3.19. The number of methoxy groups -OCH3 is 1. The Hall–Kier alpha value is -2.08. The van der Waals surface area contributed by atoms with Gasteiger partial charge in [0.15, 0.2) is 0 Å². The molecule has 0 amide bonds. The molecule has 0 aliphatic carbocycles. The standard InChI is InChI=1S/C18H24N4O2/c1-21-11-3-8-18(21)9-12-22(13-10-18)17-19-16(20-24-17)14-4-6-15(23-2)7-5-14/h4-7H,3,8-13H2,1-2H3. The molecule has 3 heterocycles. The molecule has 6 nitrogen and oxygen atoms in total. The topological polar surface area (TPSA) is 54.6 Å². The number of nitrogens with zero attached hydrogens (tertiary/aromatic N) is 4. The lowest BCUT2D eigenvalue weighted by Crippen LogP contribution is -2.50. The lowest BCUT2D eigenvalue weighted by molar-refractivity contribution is 0.135. The van der Waals surface area contributed by atoms with Crippen molar-refractivity contribution in [2.75, 3.05) is 38.7 Å². The van der Waals surface area contributed by atoms with E-state index in [-0.39, 0.29) is 0 Å². The fourth-order valence-electron chi connectivity index (χ4n) is 4.02. The number of hydrogen-bond donors (Lipinski definition) is 0. The molecule has 0 radical (unpaired) electrons. The van der Waals surface area contributed by atoms with Crippen molar-refractivity contribution in [3.8, 4) is 17.1 Å². The van der Waals surface area contributed by atoms with Gasteiger partial charge >= 0.3 is 6.01 Å². The van der Waals surface area contributed by atoms with Crippen LogP contribution in [0, 0.1) is 0 Å². The van der Waals surface area contributed by atoms with E-state index in [4.69, 9.17) is 9.26 Å². The molecule has 2 fully saturated rings. The molecule has 0 bridgehead atoms. The van der Waals surface area contributed by atoms with Gasteiger partial charge < -0.3 is 19.1 Å². The van der Waals surface area contributed by atoms with Crippen LogP contribution < -0.4 is 9.64 Å². The number of hydrogen-bond acceptors (Lipinski definition) is 6. The number of aromatic nitrogens is 2. The lowest BCUT2D eigenvalue weighted by atomic mass is 9.85. The SMILES string of the molecule is COc1ccc(-c2noc(N3CCC4(CCCN4C)CC3)n2)cc1. The Morgan fingerprint density at radius 1 is 1.08 bits per heavy atom. The smallest absolute Gasteiger partial charge is 0.324 e. The molecule has 0 saturated carbocycles. The average Bonchev–Trinajstić information content (AvgIpc) is 3.24. The van der Waals surface area contributed by atoms with Gasteiger partial charge in [-0.05, 0) is 63.5 Å². The van der Waals surface area contributed by atoms with Gasteiger partial charge in [0, 0.05) is 24.2 Å². The van der Waals surface area contributed by atoms with Gasteiger partial charge in [-0.1, -0.05) is 5.16 Å². The summed E-state index contributed by atoms with van der Waals surface area (Å²) in [7, 11) is 3.92. The van der Waals surface area contributed by atoms with Gasteiger partial charge in [0.05, 0.1) is 7.11 Å². The Balaban J connectivity index is 1.45. The van der Waals surface area contributed by atoms with Crippen molar-refractivity contribution < 1.29 is 9.26 Å². The summed E-state index contributed by atoms with van der Waals surface area (Å²) in [6.07, 6.45) is 4.98. The molecule has 2 saturated heterocycles. The number of ether oxygens (including phenoxy) is 1. The van der Waals surface area contributed by atoms with Gasteiger partial charge in [-0.3, -0.25) is 0 Å². The fraction of sp³-hybridized carbons (Fsp3) is 0.556. The quantitative estimate of drug-likeness (QED) is 0.863. The highest BCUT2D eigenvalue weighted by atomic mass is 16.5. The number of likely N-dealkylation sites (tertiary alicyclic amines) is 1. The largest absolute Gasteiger partial charge is 0.497 e. The van der Waals surface area contributed by atoms with E-state index in [0.29, 0.717) is 17.4 Å². The normalized spacial score (nSPS) is 20.7. The van der Waals surface area contributed by atoms with Crippen LogP contribution in [0.15, 0.2) is 28.8 Å². The zero-order chi connectivity index (χ0) is 16.6. The minimum atomic E-state index is 0.398. The first-order chi connectivity index (χ1) is 11.7. The van der Waals surface area contributed by atoms with Gasteiger partial charge in [-0.15, -0.1) is 0 Å². The van der Waals surface area contributed by atoms with Crippen LogP contribution in [0.25, 0.3) is 11.4 Å². The second kappa shape index (κ2) is 6.09. The Morgan fingerprint density at radius 3 is 2.46 bits per heavy atom. The summed E-state index contributed by atoms with van der Waals surface area (Å²) >= 11 is 0. The Labute approximate surface area is 142 Å². The predicted octanol–water partition coefficient (Wildman–Crippen LogP) is 2.81. The third-order valence-electron chi connectivity index (χ3n) is 5.67. The molecular formula is C18H24N4O2. The summed E-state index contributed by atoms with van der Waals surface area (Å²) < 4.78 is 10.7. The Morgan fingerprint density at radius 2 is 1.83 bits per heavy atom. The first-order valence-corrected chi connectivity index (χ1v) is 8.65. The number of benzene rings is 1. The maximum atomic E-state index is 5.51. The van der Waals surface area contributed by atoms with E-state index in [1.165, 1.54) is 32.2 Å². The summed E-state index contributed by atoms with van der Waals surface area (Å²) in [6, 6.07) is 8.35. The van der Waals surface area contributed by atoms with Gasteiger partial charge in [-0.25, -0.2) is 0 Å². The van der Waals surface area contributed by atoms with E-state index in [1.807, 2.05) is 24.3 Å². The summed E-state index contributed by atoms with van der Waals surface area (Å²) in [5, 5.41) is 4.14. The minimum absolute atomic E-state index is 0.398. The van der Waals surface area contributed by atoms with Crippen molar-refractivity contribution in [3.63, 3.8) is 0 Å². The van der Waals surface area contributed by atoms with E-state index >= 15 is 0 Å². The first kappa shape index (κ1) is 15.4. The van der Waals surface area contributed by atoms with Gasteiger partial charge in [0.1, 0.15) is 5.75 Å². The van der Waals surface area contributed by atoms with Crippen LogP contribution in [0.1, 0.15) is 25.7 Å². The third kappa shape index (κ3) is 2.65. The number of anilines is 1. The van der Waals surface area contributed by atoms with Crippen molar-refractivity contribution in [2.24, 2.45) is 0 Å². The van der Waals surface area contributed by atoms with Crippen molar-refractivity contribution in [2.45, 2.75) is 31.2 Å². The third-order valence-corrected chi connectivity index (χ3v) is 5.67. The van der Waals surface area contributed by atoms with Crippen LogP contribution in [0.2, 0.25) is 0 Å². The van der Waals surface area contributed by atoms with E-state index < -0.39 is 0 Å². The maximum absolute atomic E-state index is 5.51. The summed E-state index contributed by atoms with van der Waals surface area (Å²) in [5.74, 6) is 1.45. The molecule has 2 aromatic rings. The zero-order valence-electron chi connectivity index (χ0n) is 14.4. The van der Waals surface area contributed by atoms with E-state index in [1.54, 1.807) is 7.11 Å². The van der Waals surface area contributed by atoms with Crippen molar-refractivity contribution >= 4 is 6.01 Å². The molecule has 1 aromatic carbocycles. The van der Waals surface area contributed by atoms with Gasteiger partial charge in [0.25, 0.3) is 0 Å². The summed E-state index contributed by atoms with van der Waals surface area (Å²) in [5.41, 5.74) is 1.34. The Bertz CT molecular complexity index is 689. The molecule has 2 aliphatic rings. The molecule has 1 spiro atoms. The molecule has 1 aromatic heterocycles. The molecule has 2 aliphatic heterocycles. The second-order valence-electron chi connectivity index (χ2n) is 6.87. The Kier molecular flexibility index (Phi) is 3.92. The zero-order valence-corrected chi connectivity index (χ0v) is 14.4. The van der Waals surface area contributed by atoms with Crippen molar-refractivity contribution in [3.05, 3.63) is 24.3 Å². The summed E-state index contributed by atoms with van der Waals surface area (Å²) in [4.78, 5) is 9.35. The maximum Gasteiger partial charge on any atom is 0.324 e. The molecule has 0 atom stereocenters. The van der Waals surface area contributed by atoms with Crippen LogP contribution >= 0.6 is 0 Å². The van der Waals surface area contributed by atoms with Crippen LogP contribution in [0.3, 0.4) is 0 Å². The van der Waals surface area contributed by atoms with Crippen LogP contribution in [-0.4, -0.2) is 54.4 Å². The predicted molar refractivity (Wildman–Crippen MR) is 92.3 cm³/mol. The monoisotopic (exact) mass is 328 g/mol. The first-order valence-electron chi connectivity index (χ1n) is 8.65. The van der Waals surface area contributed by atoms with E-state index in [0.717, 1.165) is 24.4 Å². The van der Waals surface area contributed by atoms with Gasteiger partial charge in [-0.2, -0.15) is 4.98 Å². The van der Waals surface area contributed by atoms with Crippen molar-refractivity contribution in [1.82, 2.24) is 15.0 Å². The van der Waals surface area contributed by atoms with Crippen LogP contribution in [0.5, 0.6) is 5.75 Å². The minimum Gasteiger partial charge on any atom is -0.497 e. The lowest BCUT2D eigenvalue weighted by Gasteiger charge is -2.43. The molecule has 6 heteroatoms. The highest BCUT2D eigenvalue weighted by Gasteiger charge is 2.41. The number of rotatable bonds is 3. The molecule has 4 rings (SSSR count). The second-order valence-corrected chi connectivity index (χ2v) is 6.87. The van der Waals surface area contributed by atoms with E-state index in [2.05, 4.69) is 27.0 Å².